The van der Waals surface area contributed by atoms with Crippen LogP contribution in [0.15, 0.2) is 47.8 Å². The lowest BCUT2D eigenvalue weighted by Crippen LogP contribution is -2.43. The van der Waals surface area contributed by atoms with Crippen LogP contribution in [0.5, 0.6) is 5.75 Å². The summed E-state index contributed by atoms with van der Waals surface area (Å²) in [6.07, 6.45) is 5.32. The van der Waals surface area contributed by atoms with E-state index in [1.165, 1.54) is 10.5 Å². The van der Waals surface area contributed by atoms with Gasteiger partial charge < -0.3 is 10.1 Å². The number of benzene rings is 2. The van der Waals surface area contributed by atoms with Gasteiger partial charge in [0.1, 0.15) is 12.3 Å². The third-order valence-corrected chi connectivity index (χ3v) is 6.48. The minimum atomic E-state index is -0.248. The summed E-state index contributed by atoms with van der Waals surface area (Å²) in [7, 11) is 0. The van der Waals surface area contributed by atoms with Crippen molar-refractivity contribution in [1.82, 2.24) is 4.98 Å². The van der Waals surface area contributed by atoms with E-state index in [9.17, 15) is 9.59 Å². The Bertz CT molecular complexity index is 1120. The van der Waals surface area contributed by atoms with E-state index in [2.05, 4.69) is 19.2 Å². The quantitative estimate of drug-likeness (QED) is 0.457. The van der Waals surface area contributed by atoms with Crippen LogP contribution in [0.3, 0.4) is 0 Å². The molecule has 6 nitrogen and oxygen atoms in total. The average Bonchev–Trinajstić information content (AvgIpc) is 3.29. The van der Waals surface area contributed by atoms with Crippen molar-refractivity contribution < 1.29 is 14.3 Å². The van der Waals surface area contributed by atoms with Gasteiger partial charge in [0.25, 0.3) is 5.91 Å². The van der Waals surface area contributed by atoms with Gasteiger partial charge in [-0.15, -0.1) is 11.3 Å². The van der Waals surface area contributed by atoms with Crippen molar-refractivity contribution in [3.63, 3.8) is 0 Å². The zero-order valence-corrected chi connectivity index (χ0v) is 19.9. The van der Waals surface area contributed by atoms with Crippen LogP contribution in [0.25, 0.3) is 11.3 Å². The third kappa shape index (κ3) is 5.60. The van der Waals surface area contributed by atoms with Crippen molar-refractivity contribution in [2.75, 3.05) is 23.4 Å². The smallest absolute Gasteiger partial charge is 0.265 e. The van der Waals surface area contributed by atoms with Gasteiger partial charge in [-0.25, -0.2) is 4.98 Å². The van der Waals surface area contributed by atoms with Gasteiger partial charge in [0.05, 0.1) is 16.4 Å². The van der Waals surface area contributed by atoms with Crippen LogP contribution in [0.4, 0.5) is 11.4 Å². The lowest BCUT2D eigenvalue weighted by atomic mass is 10.1. The number of thiazole rings is 1. The molecule has 0 saturated heterocycles. The van der Waals surface area contributed by atoms with Crippen LogP contribution in [0, 0.1) is 0 Å². The highest BCUT2D eigenvalue weighted by Gasteiger charge is 2.28. The highest BCUT2D eigenvalue weighted by molar-refractivity contribution is 7.09. The molecule has 1 N–H and O–H groups in total. The van der Waals surface area contributed by atoms with Gasteiger partial charge in [-0.1, -0.05) is 32.4 Å². The van der Waals surface area contributed by atoms with Crippen molar-refractivity contribution in [2.24, 2.45) is 0 Å². The summed E-state index contributed by atoms with van der Waals surface area (Å²) < 4.78 is 5.61. The summed E-state index contributed by atoms with van der Waals surface area (Å²) in [6.45, 7) is 4.15. The van der Waals surface area contributed by atoms with E-state index in [0.29, 0.717) is 11.4 Å². The summed E-state index contributed by atoms with van der Waals surface area (Å²) >= 11 is 1.64. The second kappa shape index (κ2) is 10.6. The molecule has 0 radical (unpaired) electrons. The van der Waals surface area contributed by atoms with E-state index in [0.717, 1.165) is 54.1 Å². The Kier molecular flexibility index (Phi) is 7.40. The monoisotopic (exact) mass is 463 g/mol. The minimum Gasteiger partial charge on any atom is -0.482 e. The van der Waals surface area contributed by atoms with Gasteiger partial charge >= 0.3 is 0 Å². The number of unbranched alkanes of at least 4 members (excludes halogenated alkanes) is 1. The second-order valence-electron chi connectivity index (χ2n) is 8.18. The van der Waals surface area contributed by atoms with Crippen molar-refractivity contribution in [3.8, 4) is 17.0 Å². The van der Waals surface area contributed by atoms with Crippen molar-refractivity contribution in [1.29, 1.82) is 0 Å². The molecule has 0 fully saturated rings. The van der Waals surface area contributed by atoms with E-state index in [-0.39, 0.29) is 25.0 Å². The second-order valence-corrected chi connectivity index (χ2v) is 9.12. The summed E-state index contributed by atoms with van der Waals surface area (Å²) in [6, 6.07) is 13.6. The van der Waals surface area contributed by atoms with Crippen molar-refractivity contribution >= 4 is 34.5 Å². The van der Waals surface area contributed by atoms with Crippen LogP contribution in [0.1, 0.15) is 43.7 Å². The number of carbonyl (C=O) groups is 2. The summed E-state index contributed by atoms with van der Waals surface area (Å²) in [4.78, 5) is 31.6. The number of anilines is 2. The molecule has 33 heavy (non-hydrogen) atoms. The van der Waals surface area contributed by atoms with Crippen molar-refractivity contribution in [3.05, 3.63) is 58.4 Å². The van der Waals surface area contributed by atoms with E-state index < -0.39 is 0 Å². The van der Waals surface area contributed by atoms with Gasteiger partial charge in [-0.2, -0.15) is 0 Å². The first kappa shape index (κ1) is 23.0. The predicted molar refractivity (Wildman–Crippen MR) is 133 cm³/mol. The highest BCUT2D eigenvalue weighted by atomic mass is 32.1. The van der Waals surface area contributed by atoms with E-state index in [4.69, 9.17) is 9.72 Å². The molecular formula is C26H29N3O3S. The van der Waals surface area contributed by atoms with Crippen LogP contribution >= 0.6 is 11.3 Å². The summed E-state index contributed by atoms with van der Waals surface area (Å²) in [5, 5.41) is 6.02. The number of hydrogen-bond acceptors (Lipinski definition) is 5. The normalized spacial score (nSPS) is 12.9. The minimum absolute atomic E-state index is 0.0750. The molecular weight excluding hydrogens is 434 g/mol. The van der Waals surface area contributed by atoms with E-state index in [1.807, 2.05) is 47.8 Å². The standard InChI is InChI=1S/C26H29N3O3S/c1-3-5-7-18-8-11-20(12-9-18)27-24(30)15-29-22-14-19(10-13-23(22)32-16-26(29)31)21-17-33-25(28-21)6-4-2/h8-14,17H,3-7,15-16H2,1-2H3,(H,27,30). The lowest BCUT2D eigenvalue weighted by Gasteiger charge is -2.29. The number of nitrogens with zero attached hydrogens (tertiary/aromatic N) is 2. The number of hydrogen-bond donors (Lipinski definition) is 1. The van der Waals surface area contributed by atoms with Crippen LogP contribution in [0.2, 0.25) is 0 Å². The molecule has 0 unspecified atom stereocenters. The zero-order valence-electron chi connectivity index (χ0n) is 19.1. The lowest BCUT2D eigenvalue weighted by molar-refractivity contribution is -0.123. The van der Waals surface area contributed by atoms with Gasteiger partial charge in [0.2, 0.25) is 5.91 Å². The molecule has 0 saturated carbocycles. The molecule has 0 spiro atoms. The Morgan fingerprint density at radius 1 is 1.12 bits per heavy atom. The molecule has 1 aliphatic heterocycles. The van der Waals surface area contributed by atoms with Crippen LogP contribution in [-0.4, -0.2) is 29.9 Å². The van der Waals surface area contributed by atoms with E-state index >= 15 is 0 Å². The Morgan fingerprint density at radius 2 is 1.94 bits per heavy atom. The van der Waals surface area contributed by atoms with Crippen LogP contribution < -0.4 is 15.0 Å². The first-order valence-electron chi connectivity index (χ1n) is 11.5. The van der Waals surface area contributed by atoms with Crippen LogP contribution in [-0.2, 0) is 22.4 Å². The molecule has 2 aromatic carbocycles. The maximum absolute atomic E-state index is 12.8. The number of fused-ring (bicyclic) bond motifs is 1. The number of nitrogens with one attached hydrogen (secondary N) is 1. The highest BCUT2D eigenvalue weighted by Crippen LogP contribution is 2.36. The molecule has 3 aromatic rings. The van der Waals surface area contributed by atoms with Crippen molar-refractivity contribution in [2.45, 2.75) is 46.0 Å². The largest absolute Gasteiger partial charge is 0.482 e. The average molecular weight is 464 g/mol. The van der Waals surface area contributed by atoms with Gasteiger partial charge in [0, 0.05) is 16.6 Å². The van der Waals surface area contributed by atoms with Gasteiger partial charge in [-0.3, -0.25) is 14.5 Å². The fourth-order valence-corrected chi connectivity index (χ4v) is 4.70. The Hall–Kier alpha value is -3.19. The molecule has 2 amide bonds. The molecule has 1 aromatic heterocycles. The maximum atomic E-state index is 12.8. The van der Waals surface area contributed by atoms with Gasteiger partial charge in [-0.05, 0) is 61.6 Å². The fraction of sp³-hybridized carbons (Fsp3) is 0.346. The topological polar surface area (TPSA) is 71.5 Å². The first-order valence-corrected chi connectivity index (χ1v) is 12.4. The summed E-state index contributed by atoms with van der Waals surface area (Å²) in [5.74, 6) is 0.104. The molecule has 7 heteroatoms. The first-order chi connectivity index (χ1) is 16.1. The molecule has 1 aliphatic rings. The van der Waals surface area contributed by atoms with E-state index in [1.54, 1.807) is 11.3 Å². The SMILES string of the molecule is CCCCc1ccc(NC(=O)CN2C(=O)COc3ccc(-c4csc(CCC)n4)cc32)cc1. The molecule has 0 atom stereocenters. The summed E-state index contributed by atoms with van der Waals surface area (Å²) in [5.41, 5.74) is 4.35. The number of aryl methyl sites for hydroxylation is 2. The Labute approximate surface area is 198 Å². The molecule has 0 aliphatic carbocycles. The third-order valence-electron chi connectivity index (χ3n) is 5.57. The predicted octanol–water partition coefficient (Wildman–Crippen LogP) is 5.47. The Balaban J connectivity index is 1.49. The zero-order chi connectivity index (χ0) is 23.2. The number of carbonyl (C=O) groups excluding carboxylic acids is 2. The fourth-order valence-electron chi connectivity index (χ4n) is 3.79. The molecule has 2 heterocycles. The molecule has 4 rings (SSSR count). The molecule has 172 valence electrons. The number of ether oxygens (including phenoxy) is 1. The number of aromatic nitrogens is 1. The molecule has 0 bridgehead atoms. The maximum Gasteiger partial charge on any atom is 0.265 e. The Morgan fingerprint density at radius 3 is 2.70 bits per heavy atom. The number of rotatable bonds is 9. The number of amides is 2. The van der Waals surface area contributed by atoms with Gasteiger partial charge in [0.15, 0.2) is 6.61 Å².